The van der Waals surface area contributed by atoms with Crippen molar-refractivity contribution in [2.75, 3.05) is 13.2 Å². The van der Waals surface area contributed by atoms with Crippen molar-refractivity contribution in [3.05, 3.63) is 65.7 Å². The van der Waals surface area contributed by atoms with Crippen LogP contribution in [0.2, 0.25) is 0 Å². The third kappa shape index (κ3) is 9.11. The van der Waals surface area contributed by atoms with E-state index in [0.717, 1.165) is 42.5 Å². The highest BCUT2D eigenvalue weighted by atomic mass is 32.2. The van der Waals surface area contributed by atoms with Crippen LogP contribution in [-0.4, -0.2) is 102 Å². The molecule has 28 heteroatoms. The fourth-order valence-corrected chi connectivity index (χ4v) is 6.60. The van der Waals surface area contributed by atoms with Gasteiger partial charge in [0.25, 0.3) is 31.4 Å². The zero-order valence-corrected chi connectivity index (χ0v) is 30.4. The number of ether oxygens (including phenoxy) is 3. The summed E-state index contributed by atoms with van der Waals surface area (Å²) < 4.78 is 241. The number of aromatic hydroxyl groups is 1. The van der Waals surface area contributed by atoms with E-state index in [1.807, 2.05) is 0 Å². The number of alkyl halides is 12. The van der Waals surface area contributed by atoms with Crippen LogP contribution in [0.3, 0.4) is 0 Å². The van der Waals surface area contributed by atoms with Gasteiger partial charge < -0.3 is 29.5 Å². The molecule has 0 bridgehead atoms. The summed E-state index contributed by atoms with van der Waals surface area (Å²) in [6.07, 6.45) is -30.0. The number of halogens is 12. The molecule has 0 aliphatic rings. The highest BCUT2D eigenvalue weighted by Gasteiger charge is 2.71. The van der Waals surface area contributed by atoms with E-state index in [9.17, 15) is 104 Å². The molecule has 4 rings (SSSR count). The Morgan fingerprint density at radius 3 is 1.47 bits per heavy atom. The molecule has 4 aromatic carbocycles. The zero-order chi connectivity index (χ0) is 45.8. The van der Waals surface area contributed by atoms with E-state index >= 15 is 0 Å². The summed E-state index contributed by atoms with van der Waals surface area (Å²) in [5.41, 5.74) is -13.1. The van der Waals surface area contributed by atoms with Crippen LogP contribution in [0.1, 0.15) is 33.6 Å². The van der Waals surface area contributed by atoms with Crippen LogP contribution in [0.25, 0.3) is 21.5 Å². The summed E-state index contributed by atoms with van der Waals surface area (Å²) in [4.78, 5) is 23.5. The van der Waals surface area contributed by atoms with Gasteiger partial charge in [-0.05, 0) is 29.7 Å². The first-order valence-corrected chi connectivity index (χ1v) is 18.5. The second-order valence-electron chi connectivity index (χ2n) is 12.3. The Morgan fingerprint density at radius 2 is 1.02 bits per heavy atom. The molecule has 0 aliphatic carbocycles. The van der Waals surface area contributed by atoms with Crippen molar-refractivity contribution in [2.24, 2.45) is 0 Å². The van der Waals surface area contributed by atoms with Gasteiger partial charge in [0.15, 0.2) is 11.5 Å². The van der Waals surface area contributed by atoms with Crippen molar-refractivity contribution < 1.29 is 118 Å². The van der Waals surface area contributed by atoms with Gasteiger partial charge in [0.2, 0.25) is 0 Å². The predicted octanol–water partition coefficient (Wildman–Crippen LogP) is 6.79. The highest BCUT2D eigenvalue weighted by Crippen LogP contribution is 2.47. The number of rotatable bonds is 12. The lowest BCUT2D eigenvalue weighted by Crippen LogP contribution is -2.57. The van der Waals surface area contributed by atoms with Crippen molar-refractivity contribution in [2.45, 2.75) is 58.5 Å². The van der Waals surface area contributed by atoms with Gasteiger partial charge in [-0.3, -0.25) is 9.11 Å². The molecule has 60 heavy (non-hydrogen) atoms. The number of hydrogen-bond acceptors (Lipinski definition) is 12. The molecule has 330 valence electrons. The lowest BCUT2D eigenvalue weighted by Gasteiger charge is -2.32. The Kier molecular flexibility index (Phi) is 12.4. The van der Waals surface area contributed by atoms with Gasteiger partial charge in [-0.15, -0.1) is 0 Å². The highest BCUT2D eigenvalue weighted by molar-refractivity contribution is 7.86. The van der Waals surface area contributed by atoms with Crippen LogP contribution in [-0.2, 0) is 29.7 Å². The summed E-state index contributed by atoms with van der Waals surface area (Å²) in [6, 6.07) is 6.68. The molecule has 5 N–H and O–H groups in total. The number of hydrogen-bond donors (Lipinski definition) is 5. The molecular weight excluding hydrogens is 900 g/mol. The molecular formula is C32H22F12O14S2. The number of carbonyl (C=O) groups is 2. The van der Waals surface area contributed by atoms with Crippen molar-refractivity contribution in [3.8, 4) is 17.2 Å². The lowest BCUT2D eigenvalue weighted by molar-refractivity contribution is -0.371. The molecule has 0 spiro atoms. The van der Waals surface area contributed by atoms with Gasteiger partial charge in [-0.1, -0.05) is 24.3 Å². The molecule has 0 aromatic heterocycles. The number of carbonyl (C=O) groups excluding carboxylic acids is 2. The molecule has 0 heterocycles. The fourth-order valence-electron chi connectivity index (χ4n) is 5.35. The molecule has 0 saturated heterocycles. The lowest BCUT2D eigenvalue weighted by atomic mass is 9.97. The summed E-state index contributed by atoms with van der Waals surface area (Å²) in [5.74, 6) is -7.47. The van der Waals surface area contributed by atoms with Gasteiger partial charge in [0, 0.05) is 35.1 Å². The second-order valence-corrected chi connectivity index (χ2v) is 15.1. The van der Waals surface area contributed by atoms with Gasteiger partial charge in [-0.2, -0.15) is 69.5 Å². The Hall–Kier alpha value is -5.16. The smallest absolute Gasteiger partial charge is 0.426 e. The van der Waals surface area contributed by atoms with Crippen LogP contribution in [0.5, 0.6) is 17.2 Å². The van der Waals surface area contributed by atoms with E-state index in [2.05, 4.69) is 9.47 Å². The summed E-state index contributed by atoms with van der Waals surface area (Å²) in [7, 11) is -10.8. The number of esters is 2. The topological polar surface area (TPSA) is 231 Å². The third-order valence-corrected chi connectivity index (χ3v) is 10.2. The molecule has 0 radical (unpaired) electrons. The number of phenols is 1. The largest absolute Gasteiger partial charge is 0.504 e. The molecule has 0 atom stereocenters. The first-order chi connectivity index (χ1) is 27.1. The molecule has 0 aliphatic heterocycles. The Morgan fingerprint density at radius 1 is 0.567 bits per heavy atom. The minimum absolute atomic E-state index is 0.0985. The van der Waals surface area contributed by atoms with Crippen LogP contribution in [0, 0.1) is 0 Å². The number of fused-ring (bicyclic) bond motifs is 3. The first-order valence-electron chi connectivity index (χ1n) is 15.6. The summed E-state index contributed by atoms with van der Waals surface area (Å²) in [5, 5.41) is 27.6. The number of aliphatic hydroxyl groups is 2. The normalized spacial score (nSPS) is 13.7. The maximum Gasteiger partial charge on any atom is 0.426 e. The minimum atomic E-state index is -6.37. The third-order valence-electron chi connectivity index (χ3n) is 8.50. The average Bonchev–Trinajstić information content (AvgIpc) is 3.08. The fraction of sp³-hybridized carbons (Fsp3) is 0.312. The van der Waals surface area contributed by atoms with Crippen molar-refractivity contribution in [1.82, 2.24) is 0 Å². The number of benzene rings is 4. The second kappa shape index (κ2) is 15.7. The van der Waals surface area contributed by atoms with Crippen molar-refractivity contribution in [3.63, 3.8) is 0 Å². The summed E-state index contributed by atoms with van der Waals surface area (Å²) in [6.45, 7) is -3.66. The van der Waals surface area contributed by atoms with Gasteiger partial charge in [0.1, 0.15) is 16.2 Å². The maximum atomic E-state index is 13.2. The quantitative estimate of drug-likeness (QED) is 0.0427. The van der Waals surface area contributed by atoms with Gasteiger partial charge >= 0.3 is 36.6 Å². The Labute approximate surface area is 326 Å². The Balaban J connectivity index is 1.87. The van der Waals surface area contributed by atoms with E-state index in [1.165, 1.54) is 0 Å². The van der Waals surface area contributed by atoms with E-state index in [0.29, 0.717) is 0 Å². The monoisotopic (exact) mass is 922 g/mol. The molecule has 14 nitrogen and oxygen atoms in total. The van der Waals surface area contributed by atoms with Crippen molar-refractivity contribution >= 4 is 53.7 Å². The summed E-state index contributed by atoms with van der Waals surface area (Å²) >= 11 is 0. The molecule has 0 amide bonds. The van der Waals surface area contributed by atoms with E-state index < -0.39 is 148 Å². The predicted molar refractivity (Wildman–Crippen MR) is 173 cm³/mol. The van der Waals surface area contributed by atoms with E-state index in [-0.39, 0.29) is 17.5 Å². The van der Waals surface area contributed by atoms with Crippen LogP contribution in [0.4, 0.5) is 52.7 Å². The Bertz CT molecular complexity index is 2540. The zero-order valence-electron chi connectivity index (χ0n) is 28.8. The average molecular weight is 923 g/mol. The SMILES string of the molecule is O=C(OCCC(O)(C(F)(F)F)C(F)(F)F)c1cc(S(=O)(=O)O)cc(Oc2cc3c(C(=O)OCCC(O)(C(F)(F)F)C(F)(F)F)cccc3c3c(S(=O)(=O)O)cccc23)c1O. The van der Waals surface area contributed by atoms with E-state index in [4.69, 9.17) is 4.74 Å². The molecule has 0 saturated carbocycles. The maximum absolute atomic E-state index is 13.2. The van der Waals surface area contributed by atoms with E-state index in [1.54, 1.807) is 0 Å². The van der Waals surface area contributed by atoms with Crippen LogP contribution < -0.4 is 4.74 Å². The molecule has 4 aromatic rings. The number of phenolic OH excluding ortho intramolecular Hbond substituents is 1. The van der Waals surface area contributed by atoms with Crippen LogP contribution >= 0.6 is 0 Å². The first kappa shape index (κ1) is 47.5. The van der Waals surface area contributed by atoms with Gasteiger partial charge in [-0.25, -0.2) is 9.59 Å². The van der Waals surface area contributed by atoms with Crippen molar-refractivity contribution in [1.29, 1.82) is 0 Å². The standard InChI is InChI=1S/C32H22F12O14S2/c33-29(34,35)27(48,30(36,37)38)7-9-56-25(46)16-4-1-3-15-18(16)13-20(17-5-2-6-22(23(15)17)60(53,54)55)58-21-12-14(59(50,51)52)11-19(24(21)45)26(47)57-10-8-28(49,31(39,40)41)32(42,43)44/h1-6,11-13,45,48-49H,7-10H2,(H,50,51,52)(H,53,54,55). The molecule has 0 fully saturated rings. The van der Waals surface area contributed by atoms with Crippen LogP contribution in [0.15, 0.2) is 64.4 Å². The van der Waals surface area contributed by atoms with Gasteiger partial charge in [0.05, 0.1) is 23.7 Å². The molecule has 0 unspecified atom stereocenters. The minimum Gasteiger partial charge on any atom is -0.504 e.